The van der Waals surface area contributed by atoms with Crippen molar-refractivity contribution in [3.8, 4) is 0 Å². The molecule has 10 atom stereocenters. The van der Waals surface area contributed by atoms with Crippen LogP contribution in [0.4, 0.5) is 0 Å². The Hall–Kier alpha value is -0.160. The molecule has 0 aliphatic heterocycles. The highest BCUT2D eigenvalue weighted by Crippen LogP contribution is 2.68. The second kappa shape index (κ2) is 9.24. The van der Waals surface area contributed by atoms with E-state index in [0.717, 1.165) is 44.4 Å². The van der Waals surface area contributed by atoms with Crippen LogP contribution < -0.4 is 0 Å². The maximum atomic E-state index is 11.4. The summed E-state index contributed by atoms with van der Waals surface area (Å²) in [7, 11) is 0. The molecule has 0 aromatic carbocycles. The van der Waals surface area contributed by atoms with Crippen LogP contribution in [0.5, 0.6) is 0 Å². The minimum Gasteiger partial charge on any atom is -0.396 e. The molecule has 0 amide bonds. The fourth-order valence-corrected chi connectivity index (χ4v) is 9.35. The minimum absolute atomic E-state index is 0.0367. The van der Waals surface area contributed by atoms with Crippen molar-refractivity contribution >= 4 is 0 Å². The van der Waals surface area contributed by atoms with Gasteiger partial charge >= 0.3 is 0 Å². The maximum Gasteiger partial charge on any atom is 0.0577 e. The van der Waals surface area contributed by atoms with Gasteiger partial charge in [0.1, 0.15) is 0 Å². The monoisotopic (exact) mass is 436 g/mol. The van der Waals surface area contributed by atoms with Gasteiger partial charge in [0.2, 0.25) is 0 Å². The predicted molar refractivity (Wildman–Crippen MR) is 123 cm³/mol. The molecule has 0 aromatic rings. The van der Waals surface area contributed by atoms with Crippen molar-refractivity contribution in [1.82, 2.24) is 0 Å². The van der Waals surface area contributed by atoms with Gasteiger partial charge in [0, 0.05) is 19.1 Å². The van der Waals surface area contributed by atoms with Crippen molar-refractivity contribution in [1.29, 1.82) is 0 Å². The lowest BCUT2D eigenvalue weighted by atomic mass is 9.43. The fourth-order valence-electron chi connectivity index (χ4n) is 9.35. The van der Waals surface area contributed by atoms with Crippen molar-refractivity contribution in [2.75, 3.05) is 13.2 Å². The first kappa shape index (κ1) is 24.0. The third-order valence-corrected chi connectivity index (χ3v) is 11.2. The van der Waals surface area contributed by atoms with Gasteiger partial charge in [-0.25, -0.2) is 0 Å². The molecule has 4 N–H and O–H groups in total. The third kappa shape index (κ3) is 4.13. The van der Waals surface area contributed by atoms with Crippen molar-refractivity contribution in [3.63, 3.8) is 0 Å². The number of aliphatic hydroxyl groups excluding tert-OH is 4. The minimum atomic E-state index is -0.193. The quantitative estimate of drug-likeness (QED) is 0.477. The van der Waals surface area contributed by atoms with Crippen LogP contribution in [0.15, 0.2) is 0 Å². The van der Waals surface area contributed by atoms with E-state index < -0.39 is 0 Å². The number of fused-ring (bicyclic) bond motifs is 5. The van der Waals surface area contributed by atoms with Crippen LogP contribution in [0, 0.1) is 52.3 Å². The largest absolute Gasteiger partial charge is 0.396 e. The molecule has 0 aromatic heterocycles. The zero-order valence-corrected chi connectivity index (χ0v) is 20.2. The molecule has 4 heteroatoms. The van der Waals surface area contributed by atoms with Crippen LogP contribution in [-0.4, -0.2) is 45.8 Å². The Bertz CT molecular complexity index is 606. The molecule has 4 aliphatic carbocycles. The van der Waals surface area contributed by atoms with Crippen molar-refractivity contribution in [3.05, 3.63) is 0 Å². The van der Waals surface area contributed by atoms with Crippen molar-refractivity contribution < 1.29 is 20.4 Å². The molecule has 4 aliphatic rings. The van der Waals surface area contributed by atoms with Gasteiger partial charge in [-0.15, -0.1) is 0 Å². The van der Waals surface area contributed by atoms with E-state index >= 15 is 0 Å². The summed E-state index contributed by atoms with van der Waals surface area (Å²) in [6.07, 6.45) is 11.8. The molecule has 4 fully saturated rings. The van der Waals surface area contributed by atoms with Gasteiger partial charge in [-0.2, -0.15) is 0 Å². The molecule has 0 heterocycles. The van der Waals surface area contributed by atoms with Crippen LogP contribution in [0.3, 0.4) is 0 Å². The van der Waals surface area contributed by atoms with Gasteiger partial charge in [0.15, 0.2) is 0 Å². The average molecular weight is 437 g/mol. The van der Waals surface area contributed by atoms with E-state index in [1.807, 2.05) is 0 Å². The molecule has 0 radical (unpaired) electrons. The van der Waals surface area contributed by atoms with E-state index in [1.54, 1.807) is 0 Å². The Morgan fingerprint density at radius 1 is 0.839 bits per heavy atom. The standard InChI is InChI=1S/C27H48O4/c1-17(5-4-6-18(15-28)16-29)21-7-8-22-25-23(10-12-27(21,22)3)26(2)11-9-20(30)13-19(26)14-24(25)31/h17-25,28-31H,4-16H2,1-3H3/t17-,19+,20-,21-,22+,23+,24-,25+,26+,27-/m1/s1. The van der Waals surface area contributed by atoms with Gasteiger partial charge in [0.25, 0.3) is 0 Å². The Morgan fingerprint density at radius 3 is 2.23 bits per heavy atom. The third-order valence-electron chi connectivity index (χ3n) is 11.2. The van der Waals surface area contributed by atoms with Gasteiger partial charge in [0.05, 0.1) is 12.2 Å². The highest BCUT2D eigenvalue weighted by atomic mass is 16.3. The van der Waals surface area contributed by atoms with Gasteiger partial charge in [-0.1, -0.05) is 33.6 Å². The van der Waals surface area contributed by atoms with E-state index in [1.165, 1.54) is 32.1 Å². The fraction of sp³-hybridized carbons (Fsp3) is 1.00. The highest BCUT2D eigenvalue weighted by molar-refractivity contribution is 5.11. The second-order valence-corrected chi connectivity index (χ2v) is 12.6. The molecule has 4 saturated carbocycles. The summed E-state index contributed by atoms with van der Waals surface area (Å²) in [6.45, 7) is 7.63. The molecule has 0 saturated heterocycles. The summed E-state index contributed by atoms with van der Waals surface area (Å²) >= 11 is 0. The van der Waals surface area contributed by atoms with E-state index in [-0.39, 0.29) is 31.3 Å². The zero-order valence-electron chi connectivity index (χ0n) is 20.2. The first-order chi connectivity index (χ1) is 14.7. The molecule has 4 rings (SSSR count). The smallest absolute Gasteiger partial charge is 0.0577 e. The lowest BCUT2D eigenvalue weighted by Gasteiger charge is -2.62. The van der Waals surface area contributed by atoms with Gasteiger partial charge < -0.3 is 20.4 Å². The molecule has 180 valence electrons. The normalized spacial score (nSPS) is 48.2. The molecule has 0 bridgehead atoms. The van der Waals surface area contributed by atoms with Gasteiger partial charge in [-0.05, 0) is 104 Å². The lowest BCUT2D eigenvalue weighted by Crippen LogP contribution is -2.58. The molecule has 4 nitrogen and oxygen atoms in total. The summed E-state index contributed by atoms with van der Waals surface area (Å²) in [6, 6.07) is 0. The van der Waals surface area contributed by atoms with Crippen LogP contribution >= 0.6 is 0 Å². The summed E-state index contributed by atoms with van der Waals surface area (Å²) < 4.78 is 0. The average Bonchev–Trinajstić information content (AvgIpc) is 3.09. The van der Waals surface area contributed by atoms with E-state index in [2.05, 4.69) is 20.8 Å². The molecule has 0 unspecified atom stereocenters. The molecule has 0 spiro atoms. The SMILES string of the molecule is C[C@H](CCCC(CO)CO)[C@H]1CC[C@H]2[C@@H]3[C@H](O)C[C@@H]4C[C@H](O)CC[C@]4(C)[C@H]3CC[C@]12C. The van der Waals surface area contributed by atoms with Crippen LogP contribution in [0.25, 0.3) is 0 Å². The van der Waals surface area contributed by atoms with E-state index in [4.69, 9.17) is 0 Å². The first-order valence-electron chi connectivity index (χ1n) is 13.3. The predicted octanol–water partition coefficient (Wildman–Crippen LogP) is 4.38. The van der Waals surface area contributed by atoms with Gasteiger partial charge in [-0.3, -0.25) is 0 Å². The zero-order chi connectivity index (χ0) is 22.4. The topological polar surface area (TPSA) is 80.9 Å². The number of aliphatic hydroxyl groups is 4. The van der Waals surface area contributed by atoms with Crippen molar-refractivity contribution in [2.45, 2.75) is 104 Å². The van der Waals surface area contributed by atoms with Crippen LogP contribution in [-0.2, 0) is 0 Å². The summed E-state index contributed by atoms with van der Waals surface area (Å²) in [5, 5.41) is 40.3. The Kier molecular flexibility index (Phi) is 7.14. The number of hydrogen-bond acceptors (Lipinski definition) is 4. The Morgan fingerprint density at radius 2 is 1.52 bits per heavy atom. The number of hydrogen-bond donors (Lipinski definition) is 4. The van der Waals surface area contributed by atoms with E-state index in [0.29, 0.717) is 40.4 Å². The number of rotatable bonds is 7. The Labute approximate surface area is 189 Å². The molecule has 31 heavy (non-hydrogen) atoms. The summed E-state index contributed by atoms with van der Waals surface area (Å²) in [4.78, 5) is 0. The Balaban J connectivity index is 1.45. The molecular formula is C27H48O4. The summed E-state index contributed by atoms with van der Waals surface area (Å²) in [5.74, 6) is 3.62. The second-order valence-electron chi connectivity index (χ2n) is 12.6. The van der Waals surface area contributed by atoms with Crippen LogP contribution in [0.2, 0.25) is 0 Å². The highest BCUT2D eigenvalue weighted by Gasteiger charge is 2.62. The first-order valence-corrected chi connectivity index (χ1v) is 13.3. The van der Waals surface area contributed by atoms with Crippen molar-refractivity contribution in [2.24, 2.45) is 52.3 Å². The lowest BCUT2D eigenvalue weighted by molar-refractivity contribution is -0.174. The van der Waals surface area contributed by atoms with Crippen LogP contribution in [0.1, 0.15) is 91.4 Å². The summed E-state index contributed by atoms with van der Waals surface area (Å²) in [5.41, 5.74) is 0.643. The maximum absolute atomic E-state index is 11.4. The van der Waals surface area contributed by atoms with E-state index in [9.17, 15) is 20.4 Å². The molecular weight excluding hydrogens is 388 g/mol.